The Bertz CT molecular complexity index is 3720. The molecule has 0 saturated heterocycles. The van der Waals surface area contributed by atoms with Crippen molar-refractivity contribution in [2.24, 2.45) is 0 Å². The first kappa shape index (κ1) is 39.6. The summed E-state index contributed by atoms with van der Waals surface area (Å²) in [6, 6.07) is 89.8. The lowest BCUT2D eigenvalue weighted by molar-refractivity contribution is 0.981. The highest BCUT2D eigenvalue weighted by Crippen LogP contribution is 2.46. The predicted octanol–water partition coefficient (Wildman–Crippen LogP) is 16.3. The monoisotopic (exact) mass is 854 g/mol. The fraction of sp³-hybridized carbons (Fsp3) is 0. The minimum atomic E-state index is 0.671. The van der Waals surface area contributed by atoms with Crippen LogP contribution in [0, 0.1) is 0 Å². The van der Waals surface area contributed by atoms with Gasteiger partial charge in [0.25, 0.3) is 0 Å². The molecule has 0 bridgehead atoms. The van der Waals surface area contributed by atoms with Crippen molar-refractivity contribution in [1.29, 1.82) is 0 Å². The zero-order valence-corrected chi connectivity index (χ0v) is 36.5. The van der Waals surface area contributed by atoms with Gasteiger partial charge in [-0.2, -0.15) is 5.10 Å². The van der Waals surface area contributed by atoms with E-state index in [1.54, 1.807) is 0 Å². The number of nitrogens with zero attached hydrogens (tertiary/aromatic N) is 4. The zero-order valence-electron chi connectivity index (χ0n) is 36.5. The van der Waals surface area contributed by atoms with Crippen LogP contribution in [-0.2, 0) is 0 Å². The Balaban J connectivity index is 1.03. The van der Waals surface area contributed by atoms with Crippen molar-refractivity contribution >= 4 is 16.3 Å². The number of benzene rings is 9. The second-order valence-electron chi connectivity index (χ2n) is 16.8. The fourth-order valence-corrected chi connectivity index (χ4v) is 9.46. The molecule has 0 aliphatic carbocycles. The molecule has 0 fully saturated rings. The molecule has 0 atom stereocenters. The molecular weight excluding hydrogens is 813 g/mol. The molecule has 0 saturated carbocycles. The van der Waals surface area contributed by atoms with Gasteiger partial charge in [-0.25, -0.2) is 14.5 Å². The molecule has 4 nitrogen and oxygen atoms in total. The summed E-state index contributed by atoms with van der Waals surface area (Å²) in [6.07, 6.45) is 0. The van der Waals surface area contributed by atoms with Gasteiger partial charge in [-0.3, -0.25) is 0 Å². The van der Waals surface area contributed by atoms with E-state index in [-0.39, 0.29) is 0 Å². The molecule has 67 heavy (non-hydrogen) atoms. The van der Waals surface area contributed by atoms with Crippen molar-refractivity contribution < 1.29 is 0 Å². The van der Waals surface area contributed by atoms with E-state index in [9.17, 15) is 0 Å². The van der Waals surface area contributed by atoms with E-state index in [1.165, 1.54) is 5.56 Å². The standard InChI is InChI=1S/C63H42N4/c1-6-21-43(22-7-1)48-31-18-34-51(39-48)57-42-56(44-23-8-2-9-24-44)64-63(65-57)53-36-20-33-50(41-53)49-32-19-35-52(40-49)58-54-37-16-17-38-55(54)62-59(45-25-10-3-11-26-45)60(46-27-12-4-13-28-46)66-67(62)61(58)47-29-14-5-15-30-47/h1-42H. The first-order chi connectivity index (χ1) is 33.2. The first-order valence-corrected chi connectivity index (χ1v) is 22.7. The third-order valence-corrected chi connectivity index (χ3v) is 12.6. The van der Waals surface area contributed by atoms with E-state index >= 15 is 0 Å². The Kier molecular flexibility index (Phi) is 10.2. The molecule has 0 aliphatic rings. The van der Waals surface area contributed by atoms with Gasteiger partial charge in [0.15, 0.2) is 5.82 Å². The molecule has 12 rings (SSSR count). The van der Waals surface area contributed by atoms with Gasteiger partial charge in [-0.1, -0.05) is 231 Å². The van der Waals surface area contributed by atoms with Gasteiger partial charge in [-0.05, 0) is 63.0 Å². The molecular formula is C63H42N4. The summed E-state index contributed by atoms with van der Waals surface area (Å²) in [7, 11) is 0. The molecule has 0 radical (unpaired) electrons. The van der Waals surface area contributed by atoms with E-state index in [1.807, 2.05) is 12.1 Å². The third kappa shape index (κ3) is 7.47. The van der Waals surface area contributed by atoms with Crippen LogP contribution in [0.25, 0.3) is 117 Å². The Morgan fingerprint density at radius 2 is 0.687 bits per heavy atom. The SMILES string of the molecule is c1ccc(-c2cccc(-c3cc(-c4ccccc4)nc(-c4cccc(-c5cccc(-c6c(-c7ccccc7)n7nc(-c8ccccc8)c(-c8ccccc8)c7c7ccccc67)c5)c4)n3)c2)cc1. The zero-order chi connectivity index (χ0) is 44.5. The van der Waals surface area contributed by atoms with Crippen molar-refractivity contribution in [2.75, 3.05) is 0 Å². The minimum Gasteiger partial charge on any atom is -0.231 e. The lowest BCUT2D eigenvalue weighted by atomic mass is 9.90. The molecule has 0 aliphatic heterocycles. The first-order valence-electron chi connectivity index (χ1n) is 22.7. The van der Waals surface area contributed by atoms with Crippen molar-refractivity contribution in [1.82, 2.24) is 19.6 Å². The van der Waals surface area contributed by atoms with Gasteiger partial charge in [0.05, 0.1) is 22.6 Å². The molecule has 314 valence electrons. The Morgan fingerprint density at radius 1 is 0.269 bits per heavy atom. The lowest BCUT2D eigenvalue weighted by Gasteiger charge is -2.18. The summed E-state index contributed by atoms with van der Waals surface area (Å²) in [5, 5.41) is 7.87. The average molecular weight is 855 g/mol. The van der Waals surface area contributed by atoms with E-state index in [0.29, 0.717) is 5.82 Å². The van der Waals surface area contributed by atoms with Crippen LogP contribution in [0.15, 0.2) is 255 Å². The van der Waals surface area contributed by atoms with Gasteiger partial charge in [-0.15, -0.1) is 0 Å². The fourth-order valence-electron chi connectivity index (χ4n) is 9.46. The van der Waals surface area contributed by atoms with Gasteiger partial charge in [0, 0.05) is 44.3 Å². The van der Waals surface area contributed by atoms with Crippen molar-refractivity contribution in [2.45, 2.75) is 0 Å². The van der Waals surface area contributed by atoms with Crippen molar-refractivity contribution in [3.63, 3.8) is 0 Å². The normalized spacial score (nSPS) is 11.3. The molecule has 4 heteroatoms. The summed E-state index contributed by atoms with van der Waals surface area (Å²) in [6.45, 7) is 0. The summed E-state index contributed by atoms with van der Waals surface area (Å²) in [5.41, 5.74) is 18.9. The maximum absolute atomic E-state index is 5.58. The van der Waals surface area contributed by atoms with Gasteiger partial charge >= 0.3 is 0 Å². The van der Waals surface area contributed by atoms with Crippen LogP contribution in [0.1, 0.15) is 0 Å². The smallest absolute Gasteiger partial charge is 0.160 e. The van der Waals surface area contributed by atoms with Crippen LogP contribution in [0.4, 0.5) is 0 Å². The van der Waals surface area contributed by atoms with Crippen LogP contribution in [0.3, 0.4) is 0 Å². The highest BCUT2D eigenvalue weighted by atomic mass is 15.2. The Morgan fingerprint density at radius 3 is 1.31 bits per heavy atom. The summed E-state index contributed by atoms with van der Waals surface area (Å²) in [4.78, 5) is 10.5. The van der Waals surface area contributed by atoms with Crippen LogP contribution >= 0.6 is 0 Å². The van der Waals surface area contributed by atoms with Crippen LogP contribution in [0.2, 0.25) is 0 Å². The molecule has 0 unspecified atom stereocenters. The Hall–Kier alpha value is -8.99. The maximum atomic E-state index is 5.58. The summed E-state index contributed by atoms with van der Waals surface area (Å²) >= 11 is 0. The van der Waals surface area contributed by atoms with E-state index in [0.717, 1.165) is 106 Å². The highest BCUT2D eigenvalue weighted by Gasteiger charge is 2.25. The summed E-state index contributed by atoms with van der Waals surface area (Å²) < 4.78 is 2.20. The molecule has 12 aromatic rings. The third-order valence-electron chi connectivity index (χ3n) is 12.6. The number of fused-ring (bicyclic) bond motifs is 3. The van der Waals surface area contributed by atoms with Crippen LogP contribution < -0.4 is 0 Å². The molecule has 0 N–H and O–H groups in total. The maximum Gasteiger partial charge on any atom is 0.160 e. The molecule has 3 aromatic heterocycles. The average Bonchev–Trinajstić information content (AvgIpc) is 3.83. The number of rotatable bonds is 9. The van der Waals surface area contributed by atoms with E-state index in [4.69, 9.17) is 15.1 Å². The molecule has 0 spiro atoms. The predicted molar refractivity (Wildman–Crippen MR) is 277 cm³/mol. The highest BCUT2D eigenvalue weighted by molar-refractivity contribution is 6.15. The van der Waals surface area contributed by atoms with Gasteiger partial charge in [0.2, 0.25) is 0 Å². The van der Waals surface area contributed by atoms with Crippen molar-refractivity contribution in [3.05, 3.63) is 255 Å². The second kappa shape index (κ2) is 17.2. The largest absolute Gasteiger partial charge is 0.231 e. The molecule has 0 amide bonds. The van der Waals surface area contributed by atoms with Crippen molar-refractivity contribution in [3.8, 4) is 101 Å². The van der Waals surface area contributed by atoms with E-state index in [2.05, 4.69) is 247 Å². The molecule has 3 heterocycles. The van der Waals surface area contributed by atoms with Gasteiger partial charge < -0.3 is 0 Å². The van der Waals surface area contributed by atoms with Gasteiger partial charge in [0.1, 0.15) is 5.69 Å². The van der Waals surface area contributed by atoms with E-state index < -0.39 is 0 Å². The van der Waals surface area contributed by atoms with Crippen LogP contribution in [-0.4, -0.2) is 19.6 Å². The number of hydrogen-bond donors (Lipinski definition) is 0. The molecule has 9 aromatic carbocycles. The quantitative estimate of drug-likeness (QED) is 0.145. The summed E-state index contributed by atoms with van der Waals surface area (Å²) in [5.74, 6) is 0.671. The lowest BCUT2D eigenvalue weighted by Crippen LogP contribution is -2.00. The number of aromatic nitrogens is 4. The minimum absolute atomic E-state index is 0.671. The van der Waals surface area contributed by atoms with Crippen LogP contribution in [0.5, 0.6) is 0 Å². The topological polar surface area (TPSA) is 43.1 Å². The Labute approximate surface area is 389 Å². The number of pyridine rings is 1. The second-order valence-corrected chi connectivity index (χ2v) is 16.8. The number of hydrogen-bond acceptors (Lipinski definition) is 3.